The van der Waals surface area contributed by atoms with Crippen molar-refractivity contribution in [1.82, 2.24) is 4.90 Å². The fourth-order valence-electron chi connectivity index (χ4n) is 2.48. The second kappa shape index (κ2) is 5.41. The molecule has 0 amide bonds. The van der Waals surface area contributed by atoms with Crippen molar-refractivity contribution in [1.29, 1.82) is 0 Å². The second-order valence-electron chi connectivity index (χ2n) is 5.03. The van der Waals surface area contributed by atoms with Gasteiger partial charge in [0.25, 0.3) is 0 Å². The van der Waals surface area contributed by atoms with Crippen LogP contribution in [0.3, 0.4) is 0 Å². The lowest BCUT2D eigenvalue weighted by molar-refractivity contribution is 0.219. The normalized spacial score (nSPS) is 18.2. The molecule has 1 aliphatic heterocycles. The van der Waals surface area contributed by atoms with E-state index in [4.69, 9.17) is 10.5 Å². The number of likely N-dealkylation sites (tertiary alicyclic amines) is 1. The van der Waals surface area contributed by atoms with Crippen LogP contribution in [-0.4, -0.2) is 32.1 Å². The maximum absolute atomic E-state index is 5.82. The van der Waals surface area contributed by atoms with Crippen LogP contribution in [0.2, 0.25) is 0 Å². The molecule has 3 nitrogen and oxygen atoms in total. The first-order valence-electron chi connectivity index (χ1n) is 6.30. The average molecular weight is 234 g/mol. The van der Waals surface area contributed by atoms with E-state index in [9.17, 15) is 0 Å². The molecular weight excluding hydrogens is 212 g/mol. The van der Waals surface area contributed by atoms with Gasteiger partial charge in [0.2, 0.25) is 0 Å². The van der Waals surface area contributed by atoms with Crippen LogP contribution in [0.15, 0.2) is 18.2 Å². The third-order valence-electron chi connectivity index (χ3n) is 3.66. The molecule has 17 heavy (non-hydrogen) atoms. The summed E-state index contributed by atoms with van der Waals surface area (Å²) in [4.78, 5) is 2.40. The van der Waals surface area contributed by atoms with Gasteiger partial charge in [-0.1, -0.05) is 6.07 Å². The van der Waals surface area contributed by atoms with Gasteiger partial charge in [0.15, 0.2) is 0 Å². The number of benzene rings is 1. The SMILES string of the molecule is COc1cc(CC2CCN(C)CC2)ccc1N. The van der Waals surface area contributed by atoms with Crippen LogP contribution in [-0.2, 0) is 6.42 Å². The Labute approximate surface area is 104 Å². The highest BCUT2D eigenvalue weighted by molar-refractivity contribution is 5.53. The molecular formula is C14H22N2O. The van der Waals surface area contributed by atoms with Crippen molar-refractivity contribution in [3.05, 3.63) is 23.8 Å². The average Bonchev–Trinajstić information content (AvgIpc) is 2.34. The molecule has 0 spiro atoms. The molecule has 1 saturated heterocycles. The predicted octanol–water partition coefficient (Wildman–Crippen LogP) is 2.16. The maximum Gasteiger partial charge on any atom is 0.142 e. The zero-order valence-corrected chi connectivity index (χ0v) is 10.8. The van der Waals surface area contributed by atoms with Gasteiger partial charge < -0.3 is 15.4 Å². The summed E-state index contributed by atoms with van der Waals surface area (Å²) in [6, 6.07) is 6.15. The topological polar surface area (TPSA) is 38.5 Å². The highest BCUT2D eigenvalue weighted by atomic mass is 16.5. The number of nitrogens with zero attached hydrogens (tertiary/aromatic N) is 1. The number of piperidine rings is 1. The van der Waals surface area contributed by atoms with Gasteiger partial charge in [-0.15, -0.1) is 0 Å². The quantitative estimate of drug-likeness (QED) is 0.815. The van der Waals surface area contributed by atoms with E-state index in [-0.39, 0.29) is 0 Å². The number of rotatable bonds is 3. The Kier molecular flexibility index (Phi) is 3.89. The van der Waals surface area contributed by atoms with Crippen molar-refractivity contribution in [2.75, 3.05) is 33.0 Å². The molecule has 1 fully saturated rings. The molecule has 1 aromatic carbocycles. The monoisotopic (exact) mass is 234 g/mol. The minimum atomic E-state index is 0.722. The van der Waals surface area contributed by atoms with E-state index >= 15 is 0 Å². The third-order valence-corrected chi connectivity index (χ3v) is 3.66. The van der Waals surface area contributed by atoms with Crippen molar-refractivity contribution in [3.8, 4) is 5.75 Å². The van der Waals surface area contributed by atoms with E-state index in [0.29, 0.717) is 0 Å². The van der Waals surface area contributed by atoms with Gasteiger partial charge in [-0.3, -0.25) is 0 Å². The first kappa shape index (κ1) is 12.2. The van der Waals surface area contributed by atoms with Crippen molar-refractivity contribution in [2.45, 2.75) is 19.3 Å². The van der Waals surface area contributed by atoms with Crippen LogP contribution in [0.4, 0.5) is 5.69 Å². The van der Waals surface area contributed by atoms with Crippen LogP contribution in [0.25, 0.3) is 0 Å². The second-order valence-corrected chi connectivity index (χ2v) is 5.03. The van der Waals surface area contributed by atoms with Gasteiger partial charge in [0.05, 0.1) is 12.8 Å². The molecule has 94 valence electrons. The number of anilines is 1. The predicted molar refractivity (Wildman–Crippen MR) is 71.3 cm³/mol. The molecule has 2 rings (SSSR count). The van der Waals surface area contributed by atoms with Gasteiger partial charge in [-0.2, -0.15) is 0 Å². The Hall–Kier alpha value is -1.22. The van der Waals surface area contributed by atoms with Crippen LogP contribution in [0, 0.1) is 5.92 Å². The Morgan fingerprint density at radius 2 is 2.06 bits per heavy atom. The van der Waals surface area contributed by atoms with Gasteiger partial charge in [0, 0.05) is 0 Å². The number of ether oxygens (including phenoxy) is 1. The molecule has 0 atom stereocenters. The van der Waals surface area contributed by atoms with E-state index in [2.05, 4.69) is 24.1 Å². The van der Waals surface area contributed by atoms with Crippen LogP contribution < -0.4 is 10.5 Å². The van der Waals surface area contributed by atoms with Gasteiger partial charge >= 0.3 is 0 Å². The molecule has 0 bridgehead atoms. The highest BCUT2D eigenvalue weighted by Crippen LogP contribution is 2.26. The van der Waals surface area contributed by atoms with Gasteiger partial charge in [-0.25, -0.2) is 0 Å². The summed E-state index contributed by atoms with van der Waals surface area (Å²) in [6.45, 7) is 2.44. The number of nitrogen functional groups attached to an aromatic ring is 1. The summed E-state index contributed by atoms with van der Waals surface area (Å²) in [7, 11) is 3.87. The lowest BCUT2D eigenvalue weighted by Crippen LogP contribution is -2.30. The smallest absolute Gasteiger partial charge is 0.142 e. The van der Waals surface area contributed by atoms with Crippen LogP contribution >= 0.6 is 0 Å². The van der Waals surface area contributed by atoms with Gasteiger partial charge in [0.1, 0.15) is 5.75 Å². The zero-order chi connectivity index (χ0) is 12.3. The molecule has 0 aromatic heterocycles. The lowest BCUT2D eigenvalue weighted by Gasteiger charge is -2.29. The summed E-state index contributed by atoms with van der Waals surface area (Å²) in [5, 5.41) is 0. The number of hydrogen-bond donors (Lipinski definition) is 1. The fraction of sp³-hybridized carbons (Fsp3) is 0.571. The molecule has 2 N–H and O–H groups in total. The fourth-order valence-corrected chi connectivity index (χ4v) is 2.48. The first-order chi connectivity index (χ1) is 8.19. The molecule has 1 heterocycles. The summed E-state index contributed by atoms with van der Waals surface area (Å²) in [5.41, 5.74) is 7.88. The van der Waals surface area contributed by atoms with E-state index in [1.807, 2.05) is 6.07 Å². The van der Waals surface area contributed by atoms with Crippen LogP contribution in [0.1, 0.15) is 18.4 Å². The lowest BCUT2D eigenvalue weighted by atomic mass is 9.90. The Bertz CT molecular complexity index is 370. The van der Waals surface area contributed by atoms with E-state index in [1.54, 1.807) is 7.11 Å². The van der Waals surface area contributed by atoms with Crippen molar-refractivity contribution >= 4 is 5.69 Å². The largest absolute Gasteiger partial charge is 0.495 e. The first-order valence-corrected chi connectivity index (χ1v) is 6.30. The number of nitrogens with two attached hydrogens (primary N) is 1. The standard InChI is InChI=1S/C14H22N2O/c1-16-7-5-11(6-8-16)9-12-3-4-13(15)14(10-12)17-2/h3-4,10-11H,5-9,15H2,1-2H3. The zero-order valence-electron chi connectivity index (χ0n) is 10.8. The Balaban J connectivity index is 1.99. The van der Waals surface area contributed by atoms with E-state index in [0.717, 1.165) is 23.8 Å². The molecule has 1 aliphatic rings. The Morgan fingerprint density at radius 3 is 2.71 bits per heavy atom. The summed E-state index contributed by atoms with van der Waals surface area (Å²) < 4.78 is 5.26. The summed E-state index contributed by atoms with van der Waals surface area (Å²) in [5.74, 6) is 1.61. The molecule has 3 heteroatoms. The summed E-state index contributed by atoms with van der Waals surface area (Å²) >= 11 is 0. The molecule has 0 saturated carbocycles. The van der Waals surface area contributed by atoms with Gasteiger partial charge in [-0.05, 0) is 63.0 Å². The van der Waals surface area contributed by atoms with Crippen molar-refractivity contribution < 1.29 is 4.74 Å². The minimum Gasteiger partial charge on any atom is -0.495 e. The molecule has 0 radical (unpaired) electrons. The minimum absolute atomic E-state index is 0.722. The molecule has 1 aromatic rings. The van der Waals surface area contributed by atoms with E-state index < -0.39 is 0 Å². The van der Waals surface area contributed by atoms with Crippen molar-refractivity contribution in [3.63, 3.8) is 0 Å². The summed E-state index contributed by atoms with van der Waals surface area (Å²) in [6.07, 6.45) is 3.73. The highest BCUT2D eigenvalue weighted by Gasteiger charge is 2.17. The third kappa shape index (κ3) is 3.13. The Morgan fingerprint density at radius 1 is 1.35 bits per heavy atom. The van der Waals surface area contributed by atoms with Crippen molar-refractivity contribution in [2.24, 2.45) is 5.92 Å². The van der Waals surface area contributed by atoms with E-state index in [1.165, 1.54) is 31.5 Å². The van der Waals surface area contributed by atoms with Crippen LogP contribution in [0.5, 0.6) is 5.75 Å². The number of methoxy groups -OCH3 is 1. The molecule has 0 unspecified atom stereocenters. The molecule has 0 aliphatic carbocycles. The number of hydrogen-bond acceptors (Lipinski definition) is 3. The maximum atomic E-state index is 5.82.